The molecule has 0 saturated carbocycles. The lowest BCUT2D eigenvalue weighted by atomic mass is 10.1. The highest BCUT2D eigenvalue weighted by atomic mass is 32.1. The quantitative estimate of drug-likeness (QED) is 0.854. The van der Waals surface area contributed by atoms with E-state index >= 15 is 0 Å². The highest BCUT2D eigenvalue weighted by Crippen LogP contribution is 2.34. The number of nitrogens with zero attached hydrogens (tertiary/aromatic N) is 2. The number of fused-ring (bicyclic) bond motifs is 1. The highest BCUT2D eigenvalue weighted by Gasteiger charge is 2.21. The van der Waals surface area contributed by atoms with Crippen LogP contribution < -0.4 is 4.87 Å². The van der Waals surface area contributed by atoms with E-state index in [9.17, 15) is 14.7 Å². The number of carbonyl (C=O) groups is 1. The summed E-state index contributed by atoms with van der Waals surface area (Å²) in [5.74, 6) is -0.819. The number of esters is 1. The van der Waals surface area contributed by atoms with Crippen LogP contribution in [0.15, 0.2) is 34.1 Å². The molecular formula is C18H18N2O4S. The van der Waals surface area contributed by atoms with Crippen LogP contribution in [-0.2, 0) is 16.1 Å². The average Bonchev–Trinajstić information content (AvgIpc) is 3.03. The maximum Gasteiger partial charge on any atom is 0.326 e. The molecule has 1 aromatic heterocycles. The van der Waals surface area contributed by atoms with Crippen molar-refractivity contribution >= 4 is 40.9 Å². The number of allylic oxidation sites excluding steroid dienone is 1. The average molecular weight is 358 g/mol. The van der Waals surface area contributed by atoms with Crippen LogP contribution in [0.4, 0.5) is 5.69 Å². The molecule has 3 rings (SSSR count). The first kappa shape index (κ1) is 17.2. The molecule has 0 saturated heterocycles. The van der Waals surface area contributed by atoms with Gasteiger partial charge in [0.25, 0.3) is 0 Å². The number of benzene rings is 1. The zero-order chi connectivity index (χ0) is 18.2. The number of aromatic nitrogens is 1. The first-order valence-electron chi connectivity index (χ1n) is 7.74. The Hall–Kier alpha value is -2.67. The molecule has 0 radical (unpaired) electrons. The van der Waals surface area contributed by atoms with Gasteiger partial charge in [0.15, 0.2) is 0 Å². The number of aliphatic imine (C=N–C) groups is 1. The normalized spacial score (nSPS) is 14.8. The van der Waals surface area contributed by atoms with Crippen LogP contribution in [0.5, 0.6) is 5.88 Å². The zero-order valence-corrected chi connectivity index (χ0v) is 15.0. The molecule has 0 unspecified atom stereocenters. The van der Waals surface area contributed by atoms with Gasteiger partial charge in [-0.1, -0.05) is 29.5 Å². The Bertz CT molecular complexity index is 945. The molecule has 0 spiro atoms. The van der Waals surface area contributed by atoms with E-state index in [0.29, 0.717) is 4.88 Å². The molecule has 6 nitrogen and oxygen atoms in total. The van der Waals surface area contributed by atoms with Gasteiger partial charge in [0.1, 0.15) is 12.1 Å². The van der Waals surface area contributed by atoms with E-state index in [1.54, 1.807) is 33.1 Å². The summed E-state index contributed by atoms with van der Waals surface area (Å²) >= 11 is 0.874. The minimum atomic E-state index is -0.652. The van der Waals surface area contributed by atoms with Crippen molar-refractivity contribution < 1.29 is 14.6 Å². The van der Waals surface area contributed by atoms with Crippen molar-refractivity contribution in [3.8, 4) is 5.88 Å². The van der Waals surface area contributed by atoms with Gasteiger partial charge in [-0.05, 0) is 32.9 Å². The van der Waals surface area contributed by atoms with Crippen molar-refractivity contribution in [1.82, 2.24) is 4.57 Å². The third-order valence-corrected chi connectivity index (χ3v) is 4.36. The topological polar surface area (TPSA) is 80.9 Å². The second-order valence-corrected chi connectivity index (χ2v) is 7.60. The zero-order valence-electron chi connectivity index (χ0n) is 14.1. The molecule has 0 amide bonds. The number of hydrogen-bond donors (Lipinski definition) is 1. The first-order valence-corrected chi connectivity index (χ1v) is 8.56. The van der Waals surface area contributed by atoms with Crippen molar-refractivity contribution in [2.75, 3.05) is 0 Å². The van der Waals surface area contributed by atoms with Crippen molar-refractivity contribution in [1.29, 1.82) is 0 Å². The van der Waals surface area contributed by atoms with E-state index in [0.717, 1.165) is 32.7 Å². The number of thiazole rings is 1. The number of ether oxygens (including phenoxy) is 1. The van der Waals surface area contributed by atoms with Crippen molar-refractivity contribution in [2.45, 2.75) is 32.9 Å². The van der Waals surface area contributed by atoms with Crippen molar-refractivity contribution in [3.05, 3.63) is 44.4 Å². The third kappa shape index (κ3) is 3.71. The van der Waals surface area contributed by atoms with Crippen LogP contribution in [-0.4, -0.2) is 27.5 Å². The fourth-order valence-corrected chi connectivity index (χ4v) is 3.28. The minimum absolute atomic E-state index is 0.244. The molecule has 25 heavy (non-hydrogen) atoms. The van der Waals surface area contributed by atoms with E-state index in [1.807, 2.05) is 24.3 Å². The molecule has 0 aliphatic carbocycles. The van der Waals surface area contributed by atoms with Gasteiger partial charge in [0.2, 0.25) is 5.88 Å². The van der Waals surface area contributed by atoms with E-state index in [1.165, 1.54) is 0 Å². The predicted molar refractivity (Wildman–Crippen MR) is 98.6 cm³/mol. The Kier molecular flexibility index (Phi) is 4.34. The Morgan fingerprint density at radius 2 is 2.08 bits per heavy atom. The smallest absolute Gasteiger partial charge is 0.326 e. The minimum Gasteiger partial charge on any atom is -0.493 e. The van der Waals surface area contributed by atoms with E-state index in [2.05, 4.69) is 4.99 Å². The molecular weight excluding hydrogens is 340 g/mol. The maximum absolute atomic E-state index is 12.1. The van der Waals surface area contributed by atoms with Gasteiger partial charge < -0.3 is 9.84 Å². The number of aromatic hydroxyl groups is 1. The molecule has 1 aromatic carbocycles. The van der Waals surface area contributed by atoms with Crippen LogP contribution in [0.2, 0.25) is 0 Å². The third-order valence-electron chi connectivity index (χ3n) is 3.45. The van der Waals surface area contributed by atoms with E-state index < -0.39 is 16.4 Å². The Morgan fingerprint density at radius 3 is 2.80 bits per heavy atom. The highest BCUT2D eigenvalue weighted by molar-refractivity contribution is 7.10. The maximum atomic E-state index is 12.1. The molecule has 0 bridgehead atoms. The Labute approximate surface area is 148 Å². The molecule has 1 N–H and O–H groups in total. The lowest BCUT2D eigenvalue weighted by Crippen LogP contribution is -2.28. The Balaban J connectivity index is 1.89. The van der Waals surface area contributed by atoms with Crippen molar-refractivity contribution in [2.24, 2.45) is 4.99 Å². The van der Waals surface area contributed by atoms with E-state index in [4.69, 9.17) is 4.74 Å². The molecule has 130 valence electrons. The molecule has 0 atom stereocenters. The summed E-state index contributed by atoms with van der Waals surface area (Å²) in [5, 5.41) is 10.3. The SMILES string of the molecule is CC(C)(C)OC(=O)Cn1c(O)c(/C=C2\C=Nc3ccccc32)sc1=O. The summed E-state index contributed by atoms with van der Waals surface area (Å²) in [6.07, 6.45) is 3.38. The summed E-state index contributed by atoms with van der Waals surface area (Å²) < 4.78 is 6.22. The molecule has 1 aliphatic rings. The molecule has 1 aliphatic heterocycles. The second-order valence-electron chi connectivity index (χ2n) is 6.60. The van der Waals surface area contributed by atoms with Crippen LogP contribution in [0.3, 0.4) is 0 Å². The number of hydrogen-bond acceptors (Lipinski definition) is 6. The Morgan fingerprint density at radius 1 is 1.36 bits per heavy atom. The van der Waals surface area contributed by atoms with Gasteiger partial charge in [-0.3, -0.25) is 19.1 Å². The fourth-order valence-electron chi connectivity index (χ4n) is 2.45. The largest absolute Gasteiger partial charge is 0.493 e. The molecule has 2 aromatic rings. The predicted octanol–water partition coefficient (Wildman–Crippen LogP) is 3.21. The van der Waals surface area contributed by atoms with Gasteiger partial charge in [-0.25, -0.2) is 0 Å². The summed E-state index contributed by atoms with van der Waals surface area (Å²) in [6.45, 7) is 4.90. The van der Waals surface area contributed by atoms with Crippen LogP contribution in [0.25, 0.3) is 11.6 Å². The lowest BCUT2D eigenvalue weighted by Gasteiger charge is -2.19. The van der Waals surface area contributed by atoms with Gasteiger partial charge >= 0.3 is 10.8 Å². The van der Waals surface area contributed by atoms with Gasteiger partial charge in [-0.15, -0.1) is 0 Å². The number of rotatable bonds is 3. The molecule has 2 heterocycles. The van der Waals surface area contributed by atoms with Gasteiger partial charge in [0, 0.05) is 17.4 Å². The van der Waals surface area contributed by atoms with Crippen molar-refractivity contribution in [3.63, 3.8) is 0 Å². The summed E-state index contributed by atoms with van der Waals surface area (Å²) in [5.41, 5.74) is 1.92. The van der Waals surface area contributed by atoms with Gasteiger partial charge in [0.05, 0.1) is 10.6 Å². The summed E-state index contributed by atoms with van der Waals surface area (Å²) in [6, 6.07) is 7.61. The number of para-hydroxylation sites is 1. The summed E-state index contributed by atoms with van der Waals surface area (Å²) in [4.78, 5) is 28.3. The van der Waals surface area contributed by atoms with E-state index in [-0.39, 0.29) is 12.4 Å². The van der Waals surface area contributed by atoms with Crippen LogP contribution in [0.1, 0.15) is 31.2 Å². The summed E-state index contributed by atoms with van der Waals surface area (Å²) in [7, 11) is 0. The first-order chi connectivity index (χ1) is 11.7. The fraction of sp³-hybridized carbons (Fsp3) is 0.278. The number of carbonyl (C=O) groups excluding carboxylic acids is 1. The second kappa shape index (κ2) is 6.33. The monoisotopic (exact) mass is 358 g/mol. The molecule has 7 heteroatoms. The molecule has 0 fully saturated rings. The van der Waals surface area contributed by atoms with Crippen LogP contribution >= 0.6 is 11.3 Å². The van der Waals surface area contributed by atoms with Crippen LogP contribution in [0, 0.1) is 0 Å². The lowest BCUT2D eigenvalue weighted by molar-refractivity contribution is -0.155. The van der Waals surface area contributed by atoms with Gasteiger partial charge in [-0.2, -0.15) is 0 Å². The standard InChI is InChI=1S/C18H18N2O4S/c1-18(2,3)24-15(21)10-20-16(22)14(25-17(20)23)8-11-9-19-13-7-5-4-6-12(11)13/h4-9,22H,10H2,1-3H3/b11-8+.